The minimum Gasteiger partial charge on any atom is -0.495 e. The summed E-state index contributed by atoms with van der Waals surface area (Å²) in [5.74, 6) is -0.179. The summed E-state index contributed by atoms with van der Waals surface area (Å²) in [7, 11) is -2.31. The Balaban J connectivity index is 1.78. The van der Waals surface area contributed by atoms with Gasteiger partial charge in [0.05, 0.1) is 23.4 Å². The number of methoxy groups -OCH3 is 1. The van der Waals surface area contributed by atoms with E-state index in [0.29, 0.717) is 30.2 Å². The largest absolute Gasteiger partial charge is 0.495 e. The molecule has 0 unspecified atom stereocenters. The summed E-state index contributed by atoms with van der Waals surface area (Å²) in [6.07, 6.45) is 0.262. The molecule has 0 aromatic heterocycles. The fraction of sp³-hybridized carbons (Fsp3) is 0.350. The lowest BCUT2D eigenvalue weighted by Crippen LogP contribution is -2.48. The number of halogens is 1. The Morgan fingerprint density at radius 1 is 1.14 bits per heavy atom. The van der Waals surface area contributed by atoms with Gasteiger partial charge in [-0.05, 0) is 30.3 Å². The number of hydrogen-bond acceptors (Lipinski definition) is 5. The van der Waals surface area contributed by atoms with Gasteiger partial charge in [-0.15, -0.1) is 0 Å². The molecule has 0 bridgehead atoms. The van der Waals surface area contributed by atoms with E-state index in [2.05, 4.69) is 5.32 Å². The number of para-hydroxylation sites is 1. The third-order valence-electron chi connectivity index (χ3n) is 4.84. The number of nitrogens with zero attached hydrogens (tertiary/aromatic N) is 2. The van der Waals surface area contributed by atoms with Gasteiger partial charge in [0.2, 0.25) is 15.9 Å². The number of carbonyl (C=O) groups is 1. The molecule has 2 aromatic rings. The molecule has 1 heterocycles. The van der Waals surface area contributed by atoms with E-state index in [1.807, 2.05) is 4.90 Å². The molecule has 29 heavy (non-hydrogen) atoms. The highest BCUT2D eigenvalue weighted by Crippen LogP contribution is 2.30. The summed E-state index contributed by atoms with van der Waals surface area (Å²) in [6.45, 7) is 2.95. The smallest absolute Gasteiger partial charge is 0.243 e. The number of carbonyl (C=O) groups excluding carboxylic acids is 1. The molecular formula is C20H24FN3O4S. The van der Waals surface area contributed by atoms with Crippen LogP contribution in [0, 0.1) is 5.82 Å². The highest BCUT2D eigenvalue weighted by atomic mass is 32.2. The average Bonchev–Trinajstić information content (AvgIpc) is 2.74. The van der Waals surface area contributed by atoms with Crippen LogP contribution in [0.25, 0.3) is 0 Å². The third-order valence-corrected chi connectivity index (χ3v) is 6.73. The molecular weight excluding hydrogens is 397 g/mol. The van der Waals surface area contributed by atoms with Crippen molar-refractivity contribution >= 4 is 27.3 Å². The summed E-state index contributed by atoms with van der Waals surface area (Å²) in [4.78, 5) is 13.7. The Hall–Kier alpha value is -2.65. The molecule has 2 aromatic carbocycles. The minimum atomic E-state index is -3.76. The molecule has 9 heteroatoms. The van der Waals surface area contributed by atoms with E-state index in [-0.39, 0.29) is 36.1 Å². The van der Waals surface area contributed by atoms with Gasteiger partial charge in [-0.3, -0.25) is 4.79 Å². The second-order valence-electron chi connectivity index (χ2n) is 6.61. The first-order valence-corrected chi connectivity index (χ1v) is 10.8. The number of piperazine rings is 1. The maximum Gasteiger partial charge on any atom is 0.243 e. The van der Waals surface area contributed by atoms with Gasteiger partial charge in [0, 0.05) is 32.6 Å². The van der Waals surface area contributed by atoms with Crippen LogP contribution in [-0.4, -0.2) is 51.9 Å². The molecule has 1 fully saturated rings. The van der Waals surface area contributed by atoms with Gasteiger partial charge in [-0.1, -0.05) is 19.1 Å². The summed E-state index contributed by atoms with van der Waals surface area (Å²) < 4.78 is 46.8. The highest BCUT2D eigenvalue weighted by molar-refractivity contribution is 7.89. The van der Waals surface area contributed by atoms with Gasteiger partial charge >= 0.3 is 0 Å². The normalized spacial score (nSPS) is 15.2. The zero-order valence-electron chi connectivity index (χ0n) is 16.4. The van der Waals surface area contributed by atoms with Crippen LogP contribution >= 0.6 is 0 Å². The van der Waals surface area contributed by atoms with Crippen LogP contribution < -0.4 is 15.0 Å². The average molecular weight is 421 g/mol. The number of rotatable bonds is 6. The van der Waals surface area contributed by atoms with Crippen molar-refractivity contribution in [3.63, 3.8) is 0 Å². The number of anilines is 2. The van der Waals surface area contributed by atoms with E-state index in [1.54, 1.807) is 25.1 Å². The van der Waals surface area contributed by atoms with Crippen molar-refractivity contribution < 1.29 is 22.3 Å². The lowest BCUT2D eigenvalue weighted by atomic mass is 10.2. The number of nitrogens with one attached hydrogen (secondary N) is 1. The molecule has 3 rings (SSSR count). The first-order chi connectivity index (χ1) is 13.9. The SMILES string of the molecule is CCC(=O)Nc1cc(S(=O)(=O)N2CCN(c3ccccc3F)CC2)ccc1OC. The topological polar surface area (TPSA) is 79.0 Å². The third kappa shape index (κ3) is 4.51. The quantitative estimate of drug-likeness (QED) is 0.776. The lowest BCUT2D eigenvalue weighted by molar-refractivity contribution is -0.115. The molecule has 0 radical (unpaired) electrons. The maximum absolute atomic E-state index is 14.0. The van der Waals surface area contributed by atoms with Crippen LogP contribution in [0.15, 0.2) is 47.4 Å². The molecule has 156 valence electrons. The van der Waals surface area contributed by atoms with Crippen molar-refractivity contribution in [1.82, 2.24) is 4.31 Å². The Morgan fingerprint density at radius 2 is 1.83 bits per heavy atom. The number of sulfonamides is 1. The summed E-state index contributed by atoms with van der Waals surface area (Å²) >= 11 is 0. The summed E-state index contributed by atoms with van der Waals surface area (Å²) in [5.41, 5.74) is 0.781. The summed E-state index contributed by atoms with van der Waals surface area (Å²) in [6, 6.07) is 10.8. The van der Waals surface area contributed by atoms with Crippen molar-refractivity contribution in [2.75, 3.05) is 43.5 Å². The second-order valence-corrected chi connectivity index (χ2v) is 8.54. The molecule has 0 saturated carbocycles. The van der Waals surface area contributed by atoms with E-state index in [9.17, 15) is 17.6 Å². The van der Waals surface area contributed by atoms with E-state index in [4.69, 9.17) is 4.74 Å². The van der Waals surface area contributed by atoms with Crippen molar-refractivity contribution in [3.8, 4) is 5.75 Å². The van der Waals surface area contributed by atoms with Gasteiger partial charge in [0.1, 0.15) is 11.6 Å². The number of ether oxygens (including phenoxy) is 1. The monoisotopic (exact) mass is 421 g/mol. The van der Waals surface area contributed by atoms with Crippen LogP contribution in [0.4, 0.5) is 15.8 Å². The minimum absolute atomic E-state index is 0.0732. The molecule has 7 nitrogen and oxygen atoms in total. The van der Waals surface area contributed by atoms with Crippen molar-refractivity contribution in [3.05, 3.63) is 48.3 Å². The second kappa shape index (κ2) is 8.79. The van der Waals surface area contributed by atoms with Crippen LogP contribution in [0.3, 0.4) is 0 Å². The standard InChI is InChI=1S/C20H24FN3O4S/c1-3-20(25)22-17-14-15(8-9-19(17)28-2)29(26,27)24-12-10-23(11-13-24)18-7-5-4-6-16(18)21/h4-9,14H,3,10-13H2,1-2H3,(H,22,25). The zero-order chi connectivity index (χ0) is 21.0. The Labute approximate surface area is 170 Å². The molecule has 0 spiro atoms. The molecule has 1 aliphatic rings. The molecule has 0 aliphatic carbocycles. The predicted molar refractivity (Wildman–Crippen MR) is 109 cm³/mol. The Kier molecular flexibility index (Phi) is 6.39. The fourth-order valence-corrected chi connectivity index (χ4v) is 4.66. The van der Waals surface area contributed by atoms with Gasteiger partial charge in [0.25, 0.3) is 0 Å². The lowest BCUT2D eigenvalue weighted by Gasteiger charge is -2.35. The summed E-state index contributed by atoms with van der Waals surface area (Å²) in [5, 5.41) is 2.66. The first kappa shape index (κ1) is 21.1. The number of hydrogen-bond donors (Lipinski definition) is 1. The van der Waals surface area contributed by atoms with E-state index >= 15 is 0 Å². The van der Waals surface area contributed by atoms with Gasteiger partial charge in [-0.2, -0.15) is 4.31 Å². The predicted octanol–water partition coefficient (Wildman–Crippen LogP) is 2.69. The van der Waals surface area contributed by atoms with Gasteiger partial charge in [-0.25, -0.2) is 12.8 Å². The van der Waals surface area contributed by atoms with E-state index in [0.717, 1.165) is 0 Å². The highest BCUT2D eigenvalue weighted by Gasteiger charge is 2.30. The zero-order valence-corrected chi connectivity index (χ0v) is 17.2. The molecule has 1 amide bonds. The van der Waals surface area contributed by atoms with E-state index < -0.39 is 10.0 Å². The van der Waals surface area contributed by atoms with Gasteiger partial charge < -0.3 is 15.0 Å². The van der Waals surface area contributed by atoms with Crippen LogP contribution in [-0.2, 0) is 14.8 Å². The number of benzene rings is 2. The Bertz CT molecular complexity index is 989. The van der Waals surface area contributed by atoms with Gasteiger partial charge in [0.15, 0.2) is 0 Å². The van der Waals surface area contributed by atoms with Crippen LogP contribution in [0.1, 0.15) is 13.3 Å². The molecule has 0 atom stereocenters. The van der Waals surface area contributed by atoms with Crippen LogP contribution in [0.2, 0.25) is 0 Å². The van der Waals surface area contributed by atoms with Crippen molar-refractivity contribution in [2.24, 2.45) is 0 Å². The maximum atomic E-state index is 14.0. The van der Waals surface area contributed by atoms with Crippen LogP contribution in [0.5, 0.6) is 5.75 Å². The fourth-order valence-electron chi connectivity index (χ4n) is 3.21. The first-order valence-electron chi connectivity index (χ1n) is 9.34. The van der Waals surface area contributed by atoms with Crippen molar-refractivity contribution in [2.45, 2.75) is 18.2 Å². The molecule has 1 N–H and O–H groups in total. The van der Waals surface area contributed by atoms with E-state index in [1.165, 1.54) is 35.7 Å². The Morgan fingerprint density at radius 3 is 2.45 bits per heavy atom. The molecule has 1 saturated heterocycles. The van der Waals surface area contributed by atoms with Crippen molar-refractivity contribution in [1.29, 1.82) is 0 Å². The number of amides is 1. The molecule has 1 aliphatic heterocycles.